The molecule has 0 aromatic rings. The van der Waals surface area contributed by atoms with E-state index in [4.69, 9.17) is 13.0 Å². The predicted molar refractivity (Wildman–Crippen MR) is 59.7 cm³/mol. The molecular weight excluding hydrogens is 380 g/mol. The van der Waals surface area contributed by atoms with E-state index < -0.39 is 15.6 Å². The Morgan fingerprint density at radius 1 is 0.842 bits per heavy atom. The van der Waals surface area contributed by atoms with Crippen molar-refractivity contribution in [1.82, 2.24) is 0 Å². The van der Waals surface area contributed by atoms with E-state index in [1.165, 1.54) is 25.7 Å². The maximum atomic E-state index is 10.7. The zero-order chi connectivity index (χ0) is 12.7. The summed E-state index contributed by atoms with van der Waals surface area (Å²) in [4.78, 5) is 0. The molecule has 0 bridgehead atoms. The zero-order valence-corrected chi connectivity index (χ0v) is 12.2. The second-order valence-corrected chi connectivity index (χ2v) is 4.37. The van der Waals surface area contributed by atoms with Gasteiger partial charge in [-0.3, -0.25) is 0 Å². The molecule has 0 aliphatic heterocycles. The van der Waals surface area contributed by atoms with Crippen molar-refractivity contribution in [3.8, 4) is 0 Å². The molecule has 10 heteroatoms. The zero-order valence-electron chi connectivity index (χ0n) is 9.74. The molecule has 19 heavy (non-hydrogen) atoms. The van der Waals surface area contributed by atoms with Crippen LogP contribution in [0.25, 0.3) is 0 Å². The molecule has 0 spiro atoms. The Balaban J connectivity index is -0.000000102. The van der Waals surface area contributed by atoms with Crippen LogP contribution in [0.5, 0.6) is 0 Å². The Morgan fingerprint density at radius 2 is 1.00 bits per heavy atom. The van der Waals surface area contributed by atoms with Crippen molar-refractivity contribution in [2.75, 3.05) is 0 Å². The van der Waals surface area contributed by atoms with Gasteiger partial charge in [-0.1, -0.05) is 24.3 Å². The number of halogens is 3. The van der Waals surface area contributed by atoms with Crippen LogP contribution in [-0.2, 0) is 29.6 Å². The van der Waals surface area contributed by atoms with E-state index in [9.17, 15) is 13.2 Å². The number of alkyl halides is 3. The van der Waals surface area contributed by atoms with Gasteiger partial charge in [0.15, 0.2) is 10.1 Å². The van der Waals surface area contributed by atoms with Gasteiger partial charge in [-0.05, 0) is 25.7 Å². The first-order valence-corrected chi connectivity index (χ1v) is 5.98. The van der Waals surface area contributed by atoms with E-state index in [0.717, 1.165) is 0 Å². The van der Waals surface area contributed by atoms with Crippen molar-refractivity contribution in [2.45, 2.75) is 31.2 Å². The van der Waals surface area contributed by atoms with Crippen LogP contribution in [0.1, 0.15) is 25.7 Å². The van der Waals surface area contributed by atoms with Crippen molar-refractivity contribution in [2.24, 2.45) is 0 Å². The van der Waals surface area contributed by atoms with Gasteiger partial charge < -0.3 is 15.5 Å². The summed E-state index contributed by atoms with van der Waals surface area (Å²) in [6.07, 6.45) is 14.0. The molecule has 0 unspecified atom stereocenters. The monoisotopic (exact) mass is 396 g/mol. The standard InChI is InChI=1S/C8H12.CHF3O3S.2H2O.Rh/c1-2-4-6-8-7-5-3-1;2-1(3,4)8(5,6)7;;;/h1-2,7-8H,3-6H2;(H,5,6,7);2*1H2;/p-1/b2-1-,8-7-;;;;. The summed E-state index contributed by atoms with van der Waals surface area (Å²) in [7, 11) is -6.09. The molecule has 0 atom stereocenters. The largest absolute Gasteiger partial charge is 0.741 e. The fourth-order valence-electron chi connectivity index (χ4n) is 0.856. The Hall–Kier alpha value is -0.277. The predicted octanol–water partition coefficient (Wildman–Crippen LogP) is 1.07. The molecule has 0 fully saturated rings. The Morgan fingerprint density at radius 3 is 1.11 bits per heavy atom. The number of allylic oxidation sites excluding steroid dienone is 4. The van der Waals surface area contributed by atoms with Crippen LogP contribution in [0.15, 0.2) is 24.3 Å². The topological polar surface area (TPSA) is 120 Å². The third kappa shape index (κ3) is 15.7. The Bertz CT molecular complexity index is 325. The molecule has 0 saturated carbocycles. The van der Waals surface area contributed by atoms with Gasteiger partial charge in [0.2, 0.25) is 0 Å². The van der Waals surface area contributed by atoms with E-state index in [1.54, 1.807) is 0 Å². The molecule has 0 amide bonds. The first kappa shape index (κ1) is 27.1. The van der Waals surface area contributed by atoms with Crippen molar-refractivity contribution in [3.05, 3.63) is 24.3 Å². The molecule has 0 aromatic heterocycles. The van der Waals surface area contributed by atoms with Gasteiger partial charge >= 0.3 is 5.51 Å². The first-order valence-electron chi connectivity index (χ1n) is 4.57. The molecule has 4 N–H and O–H groups in total. The average Bonchev–Trinajstić information content (AvgIpc) is 1.98. The van der Waals surface area contributed by atoms with Gasteiger partial charge in [0.05, 0.1) is 0 Å². The van der Waals surface area contributed by atoms with Gasteiger partial charge in [-0.2, -0.15) is 13.2 Å². The summed E-state index contributed by atoms with van der Waals surface area (Å²) in [6.45, 7) is 0. The van der Waals surface area contributed by atoms with Crippen molar-refractivity contribution in [1.29, 1.82) is 0 Å². The van der Waals surface area contributed by atoms with Gasteiger partial charge in [0, 0.05) is 19.5 Å². The molecule has 0 heterocycles. The van der Waals surface area contributed by atoms with E-state index in [1.807, 2.05) is 0 Å². The van der Waals surface area contributed by atoms with Crippen LogP contribution in [0.2, 0.25) is 0 Å². The van der Waals surface area contributed by atoms with Gasteiger partial charge in [0.25, 0.3) is 0 Å². The molecule has 0 aromatic carbocycles. The van der Waals surface area contributed by atoms with Crippen molar-refractivity contribution < 1.29 is 56.6 Å². The second kappa shape index (κ2) is 12.7. The SMILES string of the molecule is C1=C\CC/C=C\CC/1.O.O.O=S(=O)([O-])C(F)(F)F.[Rh]. The summed E-state index contributed by atoms with van der Waals surface area (Å²) in [5, 5.41) is 0. The van der Waals surface area contributed by atoms with E-state index >= 15 is 0 Å². The van der Waals surface area contributed by atoms with Gasteiger partial charge in [-0.25, -0.2) is 8.42 Å². The minimum absolute atomic E-state index is 0. The maximum absolute atomic E-state index is 10.7. The Kier molecular flexibility index (Phi) is 18.2. The third-order valence-electron chi connectivity index (χ3n) is 1.62. The second-order valence-electron chi connectivity index (χ2n) is 3.00. The minimum Gasteiger partial charge on any atom is -0.741 e. The molecule has 1 aliphatic carbocycles. The molecule has 1 aliphatic rings. The van der Waals surface area contributed by atoms with Crippen LogP contribution in [-0.4, -0.2) is 29.4 Å². The molecule has 119 valence electrons. The quantitative estimate of drug-likeness (QED) is 0.264. The van der Waals surface area contributed by atoms with Crippen LogP contribution < -0.4 is 0 Å². The van der Waals surface area contributed by atoms with Gasteiger partial charge in [0.1, 0.15) is 0 Å². The fourth-order valence-corrected chi connectivity index (χ4v) is 0.856. The summed E-state index contributed by atoms with van der Waals surface area (Å²) >= 11 is 0. The fraction of sp³-hybridized carbons (Fsp3) is 0.556. The van der Waals surface area contributed by atoms with Gasteiger partial charge in [-0.15, -0.1) is 0 Å². The average molecular weight is 396 g/mol. The number of hydrogen-bond donors (Lipinski definition) is 0. The van der Waals surface area contributed by atoms with E-state index in [0.29, 0.717) is 0 Å². The normalized spacial score (nSPS) is 17.7. The summed E-state index contributed by atoms with van der Waals surface area (Å²) in [5.74, 6) is 0. The Labute approximate surface area is 122 Å². The summed E-state index contributed by atoms with van der Waals surface area (Å²) < 4.78 is 58.9. The molecule has 0 saturated heterocycles. The van der Waals surface area contributed by atoms with Crippen LogP contribution in [0, 0.1) is 0 Å². The summed E-state index contributed by atoms with van der Waals surface area (Å²) in [5.41, 5.74) is -5.65. The van der Waals surface area contributed by atoms with Crippen LogP contribution in [0.4, 0.5) is 13.2 Å². The minimum atomic E-state index is -6.09. The van der Waals surface area contributed by atoms with Crippen molar-refractivity contribution >= 4 is 10.1 Å². The van der Waals surface area contributed by atoms with E-state index in [-0.39, 0.29) is 30.4 Å². The number of rotatable bonds is 0. The van der Waals surface area contributed by atoms with E-state index in [2.05, 4.69) is 24.3 Å². The number of hydrogen-bond acceptors (Lipinski definition) is 3. The molecular formula is C9H16F3O5RhS-. The van der Waals surface area contributed by atoms with Crippen LogP contribution >= 0.6 is 0 Å². The maximum Gasteiger partial charge on any atom is 0.485 e. The van der Waals surface area contributed by atoms with Crippen molar-refractivity contribution in [3.63, 3.8) is 0 Å². The molecule has 1 rings (SSSR count). The smallest absolute Gasteiger partial charge is 0.485 e. The third-order valence-corrected chi connectivity index (χ3v) is 2.18. The van der Waals surface area contributed by atoms with Crippen LogP contribution in [0.3, 0.4) is 0 Å². The first-order chi connectivity index (χ1) is 7.25. The molecule has 1 radical (unpaired) electrons. The summed E-state index contributed by atoms with van der Waals surface area (Å²) in [6, 6.07) is 0. The molecule has 5 nitrogen and oxygen atoms in total.